The van der Waals surface area contributed by atoms with E-state index < -0.39 is 0 Å². The number of esters is 1. The molecule has 0 aliphatic carbocycles. The van der Waals surface area contributed by atoms with E-state index >= 15 is 0 Å². The van der Waals surface area contributed by atoms with Gasteiger partial charge in [-0.05, 0) is 11.6 Å². The number of hydrogen-bond donors (Lipinski definition) is 2. The molecule has 0 aliphatic heterocycles. The van der Waals surface area contributed by atoms with Crippen molar-refractivity contribution in [1.82, 2.24) is 10.3 Å². The van der Waals surface area contributed by atoms with Crippen LogP contribution in [-0.2, 0) is 14.9 Å². The van der Waals surface area contributed by atoms with Crippen LogP contribution in [0.1, 0.15) is 25.8 Å². The van der Waals surface area contributed by atoms with Gasteiger partial charge < -0.3 is 15.0 Å². The molecule has 0 saturated heterocycles. The Hall–Kier alpha value is -1.29. The number of carbonyl (C=O) groups excluding carboxylic acids is 1. The fraction of sp³-hybridized carbons (Fsp3) is 0.583. The molecule has 0 saturated carbocycles. The topological polar surface area (TPSA) is 54.1 Å². The van der Waals surface area contributed by atoms with Gasteiger partial charge in [-0.25, -0.2) is 0 Å². The zero-order chi connectivity index (χ0) is 12.0. The molecule has 1 rings (SSSR count). The highest BCUT2D eigenvalue weighted by Gasteiger charge is 2.20. The smallest absolute Gasteiger partial charge is 0.306 e. The average molecular weight is 224 g/mol. The number of H-pyrrole nitrogens is 1. The Labute approximate surface area is 96.4 Å². The number of hydrogen-bond acceptors (Lipinski definition) is 3. The van der Waals surface area contributed by atoms with Crippen molar-refractivity contribution in [2.45, 2.75) is 25.7 Å². The lowest BCUT2D eigenvalue weighted by atomic mass is 9.86. The maximum atomic E-state index is 10.9. The number of rotatable bonds is 6. The van der Waals surface area contributed by atoms with Crippen molar-refractivity contribution < 1.29 is 9.53 Å². The molecule has 0 aliphatic rings. The maximum absolute atomic E-state index is 10.9. The van der Waals surface area contributed by atoms with Crippen molar-refractivity contribution in [2.75, 3.05) is 20.2 Å². The fourth-order valence-electron chi connectivity index (χ4n) is 1.54. The van der Waals surface area contributed by atoms with Crippen LogP contribution in [0.15, 0.2) is 18.5 Å². The number of methoxy groups -OCH3 is 1. The molecular formula is C12H20N2O2. The predicted molar refractivity (Wildman–Crippen MR) is 63.3 cm³/mol. The first-order chi connectivity index (χ1) is 7.56. The van der Waals surface area contributed by atoms with E-state index in [0.29, 0.717) is 13.0 Å². The second-order valence-electron chi connectivity index (χ2n) is 4.49. The molecule has 4 nitrogen and oxygen atoms in total. The van der Waals surface area contributed by atoms with Crippen LogP contribution in [0.4, 0.5) is 0 Å². The van der Waals surface area contributed by atoms with Crippen molar-refractivity contribution in [3.05, 3.63) is 24.0 Å². The summed E-state index contributed by atoms with van der Waals surface area (Å²) in [5.41, 5.74) is 1.33. The van der Waals surface area contributed by atoms with Gasteiger partial charge in [0, 0.05) is 30.9 Å². The first-order valence-electron chi connectivity index (χ1n) is 5.47. The zero-order valence-electron chi connectivity index (χ0n) is 10.2. The van der Waals surface area contributed by atoms with Gasteiger partial charge in [0.2, 0.25) is 0 Å². The van der Waals surface area contributed by atoms with Gasteiger partial charge >= 0.3 is 5.97 Å². The number of aromatic nitrogens is 1. The summed E-state index contributed by atoms with van der Waals surface area (Å²) in [6.07, 6.45) is 4.34. The Bertz CT molecular complexity index is 318. The van der Waals surface area contributed by atoms with Crippen molar-refractivity contribution in [1.29, 1.82) is 0 Å². The van der Waals surface area contributed by atoms with Crippen LogP contribution in [0.3, 0.4) is 0 Å². The molecule has 0 amide bonds. The lowest BCUT2D eigenvalue weighted by Crippen LogP contribution is -2.33. The van der Waals surface area contributed by atoms with E-state index in [1.54, 1.807) is 0 Å². The normalized spacial score (nSPS) is 11.4. The molecule has 0 spiro atoms. The Morgan fingerprint density at radius 3 is 2.88 bits per heavy atom. The van der Waals surface area contributed by atoms with E-state index in [-0.39, 0.29) is 11.4 Å². The minimum Gasteiger partial charge on any atom is -0.469 e. The molecule has 1 aromatic heterocycles. The molecule has 1 aromatic rings. The van der Waals surface area contributed by atoms with E-state index in [2.05, 4.69) is 35.0 Å². The molecular weight excluding hydrogens is 204 g/mol. The van der Waals surface area contributed by atoms with Gasteiger partial charge in [0.25, 0.3) is 0 Å². The second-order valence-corrected chi connectivity index (χ2v) is 4.49. The van der Waals surface area contributed by atoms with Crippen molar-refractivity contribution in [3.8, 4) is 0 Å². The summed E-state index contributed by atoms with van der Waals surface area (Å²) in [4.78, 5) is 13.9. The molecule has 16 heavy (non-hydrogen) atoms. The zero-order valence-corrected chi connectivity index (χ0v) is 10.2. The Morgan fingerprint density at radius 2 is 2.31 bits per heavy atom. The van der Waals surface area contributed by atoms with E-state index in [1.165, 1.54) is 12.7 Å². The third-order valence-corrected chi connectivity index (χ3v) is 2.68. The Morgan fingerprint density at radius 1 is 1.56 bits per heavy atom. The summed E-state index contributed by atoms with van der Waals surface area (Å²) >= 11 is 0. The lowest BCUT2D eigenvalue weighted by molar-refractivity contribution is -0.140. The molecule has 0 atom stereocenters. The molecule has 1 heterocycles. The van der Waals surface area contributed by atoms with Crippen LogP contribution in [0.2, 0.25) is 0 Å². The Balaban J connectivity index is 2.29. The fourth-order valence-corrected chi connectivity index (χ4v) is 1.54. The first-order valence-corrected chi connectivity index (χ1v) is 5.47. The lowest BCUT2D eigenvalue weighted by Gasteiger charge is -2.24. The van der Waals surface area contributed by atoms with E-state index in [4.69, 9.17) is 0 Å². The van der Waals surface area contributed by atoms with Gasteiger partial charge in [-0.3, -0.25) is 4.79 Å². The van der Waals surface area contributed by atoms with Crippen molar-refractivity contribution in [3.63, 3.8) is 0 Å². The van der Waals surface area contributed by atoms with Gasteiger partial charge in [-0.2, -0.15) is 0 Å². The SMILES string of the molecule is COC(=O)CCNCC(C)(C)c1cc[nH]c1. The van der Waals surface area contributed by atoms with Gasteiger partial charge in [0.15, 0.2) is 0 Å². The van der Waals surface area contributed by atoms with Gasteiger partial charge in [0.05, 0.1) is 13.5 Å². The monoisotopic (exact) mass is 224 g/mol. The van der Waals surface area contributed by atoms with Crippen LogP contribution < -0.4 is 5.32 Å². The highest BCUT2D eigenvalue weighted by Crippen LogP contribution is 2.21. The third kappa shape index (κ3) is 3.70. The molecule has 0 fully saturated rings. The van der Waals surface area contributed by atoms with Gasteiger partial charge in [0.1, 0.15) is 0 Å². The average Bonchev–Trinajstić information content (AvgIpc) is 2.78. The summed E-state index contributed by atoms with van der Waals surface area (Å²) < 4.78 is 4.57. The summed E-state index contributed by atoms with van der Waals surface area (Å²) in [7, 11) is 1.41. The number of nitrogens with one attached hydrogen (secondary N) is 2. The molecule has 4 heteroatoms. The minimum absolute atomic E-state index is 0.0656. The standard InChI is InChI=1S/C12H20N2O2/c1-12(2,10-4-6-13-8-10)9-14-7-5-11(15)16-3/h4,6,8,13-14H,5,7,9H2,1-3H3. The Kier molecular flexibility index (Phi) is 4.55. The van der Waals surface area contributed by atoms with Gasteiger partial charge in [-0.1, -0.05) is 13.8 Å². The van der Waals surface area contributed by atoms with Crippen molar-refractivity contribution >= 4 is 5.97 Å². The van der Waals surface area contributed by atoms with Crippen LogP contribution in [0, 0.1) is 0 Å². The van der Waals surface area contributed by atoms with Crippen molar-refractivity contribution in [2.24, 2.45) is 0 Å². The summed E-state index contributed by atoms with van der Waals surface area (Å²) in [5, 5.41) is 3.26. The minimum atomic E-state index is -0.174. The summed E-state index contributed by atoms with van der Waals surface area (Å²) in [5.74, 6) is -0.174. The highest BCUT2D eigenvalue weighted by atomic mass is 16.5. The molecule has 90 valence electrons. The third-order valence-electron chi connectivity index (χ3n) is 2.68. The summed E-state index contributed by atoms with van der Waals surface area (Å²) in [6.45, 7) is 5.82. The van der Waals surface area contributed by atoms with Gasteiger partial charge in [-0.15, -0.1) is 0 Å². The molecule has 2 N–H and O–H groups in total. The number of aromatic amines is 1. The van der Waals surface area contributed by atoms with Crippen LogP contribution in [0.25, 0.3) is 0 Å². The summed E-state index contributed by atoms with van der Waals surface area (Å²) in [6, 6.07) is 2.07. The maximum Gasteiger partial charge on any atom is 0.306 e. The largest absolute Gasteiger partial charge is 0.469 e. The number of ether oxygens (including phenoxy) is 1. The highest BCUT2D eigenvalue weighted by molar-refractivity contribution is 5.69. The van der Waals surface area contributed by atoms with Crippen LogP contribution in [0.5, 0.6) is 0 Å². The molecule has 0 radical (unpaired) electrons. The number of carbonyl (C=O) groups is 1. The van der Waals surface area contributed by atoms with Crippen LogP contribution >= 0.6 is 0 Å². The quantitative estimate of drug-likeness (QED) is 0.568. The molecule has 0 unspecified atom stereocenters. The van der Waals surface area contributed by atoms with E-state index in [1.807, 2.05) is 12.4 Å². The predicted octanol–water partition coefficient (Wildman–Crippen LogP) is 1.44. The molecule has 0 aromatic carbocycles. The molecule has 0 bridgehead atoms. The van der Waals surface area contributed by atoms with Crippen LogP contribution in [-0.4, -0.2) is 31.2 Å². The first kappa shape index (κ1) is 12.8. The van der Waals surface area contributed by atoms with E-state index in [9.17, 15) is 4.79 Å². The van der Waals surface area contributed by atoms with E-state index in [0.717, 1.165) is 6.54 Å². The second kappa shape index (κ2) is 5.70.